The Morgan fingerprint density at radius 1 is 1.02 bits per heavy atom. The van der Waals surface area contributed by atoms with Gasteiger partial charge in [0, 0.05) is 82.3 Å². The first-order valence-electron chi connectivity index (χ1n) is 17.8. The number of hydrogen-bond donors (Lipinski definition) is 1. The minimum Gasteiger partial charge on any atom is -0.381 e. The molecular weight excluding hydrogens is 646 g/mol. The molecule has 6 heterocycles. The van der Waals surface area contributed by atoms with Crippen molar-refractivity contribution >= 4 is 35.0 Å². The van der Waals surface area contributed by atoms with Gasteiger partial charge in [0.2, 0.25) is 17.7 Å². The Morgan fingerprint density at radius 3 is 2.37 bits per heavy atom. The summed E-state index contributed by atoms with van der Waals surface area (Å²) in [4.78, 5) is 69.7. The number of likely N-dealkylation sites (tertiary alicyclic amines) is 3. The van der Waals surface area contributed by atoms with Crippen molar-refractivity contribution in [2.45, 2.75) is 71.1 Å². The van der Waals surface area contributed by atoms with Crippen LogP contribution in [0.15, 0.2) is 30.4 Å². The Kier molecular flexibility index (Phi) is 9.57. The minimum absolute atomic E-state index is 0.00195. The topological polar surface area (TPSA) is 139 Å². The van der Waals surface area contributed by atoms with Crippen LogP contribution in [0.25, 0.3) is 0 Å². The van der Waals surface area contributed by atoms with Crippen molar-refractivity contribution in [2.75, 3.05) is 59.1 Å². The number of hydrogen-bond acceptors (Lipinski definition) is 9. The zero-order valence-electron chi connectivity index (χ0n) is 28.8. The van der Waals surface area contributed by atoms with E-state index in [9.17, 15) is 19.2 Å². The van der Waals surface area contributed by atoms with E-state index < -0.39 is 23.5 Å². The van der Waals surface area contributed by atoms with Gasteiger partial charge in [0.25, 0.3) is 5.91 Å². The van der Waals surface area contributed by atoms with Gasteiger partial charge in [0.05, 0.1) is 36.7 Å². The van der Waals surface area contributed by atoms with Crippen molar-refractivity contribution in [1.82, 2.24) is 34.6 Å². The highest BCUT2D eigenvalue weighted by Crippen LogP contribution is 2.54. The van der Waals surface area contributed by atoms with Crippen LogP contribution in [0.3, 0.4) is 0 Å². The molecule has 0 aromatic carbocycles. The normalized spacial score (nSPS) is 26.3. The summed E-state index contributed by atoms with van der Waals surface area (Å²) in [6.07, 6.45) is 10.8. The average molecular weight is 696 g/mol. The monoisotopic (exact) mass is 695 g/mol. The Labute approximate surface area is 291 Å². The molecule has 49 heavy (non-hydrogen) atoms. The molecule has 266 valence electrons. The summed E-state index contributed by atoms with van der Waals surface area (Å²) in [7, 11) is 0. The largest absolute Gasteiger partial charge is 0.381 e. The van der Waals surface area contributed by atoms with E-state index >= 15 is 0 Å². The van der Waals surface area contributed by atoms with Crippen LogP contribution in [0.5, 0.6) is 0 Å². The molecule has 0 radical (unpaired) electrons. The molecule has 4 atom stereocenters. The zero-order chi connectivity index (χ0) is 34.3. The molecule has 14 heteroatoms. The smallest absolute Gasteiger partial charge is 0.265 e. The lowest BCUT2D eigenvalue weighted by Gasteiger charge is -2.50. The van der Waals surface area contributed by atoms with Crippen LogP contribution in [-0.4, -0.2) is 124 Å². The summed E-state index contributed by atoms with van der Waals surface area (Å²) >= 11 is 1.27. The number of nitrogens with one attached hydrogen (secondary N) is 1. The highest BCUT2D eigenvalue weighted by molar-refractivity contribution is 7.11. The maximum atomic E-state index is 14.4. The number of carbonyl (C=O) groups excluding carboxylic acids is 4. The molecule has 4 amide bonds. The number of thiazole rings is 1. The van der Waals surface area contributed by atoms with Gasteiger partial charge in [-0.15, -0.1) is 11.3 Å². The summed E-state index contributed by atoms with van der Waals surface area (Å²) in [6.45, 7) is 10.5. The van der Waals surface area contributed by atoms with Gasteiger partial charge in [-0.3, -0.25) is 24.2 Å². The van der Waals surface area contributed by atoms with Crippen LogP contribution in [-0.2, 0) is 23.9 Å². The number of nitrogens with zero attached hydrogens (tertiary/aromatic N) is 6. The van der Waals surface area contributed by atoms with Crippen LogP contribution in [0, 0.1) is 28.6 Å². The molecular formula is C35H49N7O6S. The maximum absolute atomic E-state index is 14.4. The van der Waals surface area contributed by atoms with E-state index in [0.29, 0.717) is 63.3 Å². The third-order valence-corrected chi connectivity index (χ3v) is 12.5. The Balaban J connectivity index is 1.07. The van der Waals surface area contributed by atoms with E-state index in [4.69, 9.17) is 9.47 Å². The fourth-order valence-electron chi connectivity index (χ4n) is 8.26. The molecule has 2 aromatic heterocycles. The van der Waals surface area contributed by atoms with Crippen LogP contribution < -0.4 is 5.32 Å². The second-order valence-electron chi connectivity index (χ2n) is 15.6. The van der Waals surface area contributed by atoms with Gasteiger partial charge >= 0.3 is 0 Å². The molecule has 5 aliphatic rings. The molecule has 4 aliphatic heterocycles. The summed E-state index contributed by atoms with van der Waals surface area (Å²) in [5, 5.41) is 3.15. The van der Waals surface area contributed by atoms with Crippen molar-refractivity contribution in [3.05, 3.63) is 35.3 Å². The quantitative estimate of drug-likeness (QED) is 0.400. The molecule has 1 saturated carbocycles. The molecule has 1 aliphatic carbocycles. The molecule has 0 bridgehead atoms. The number of carbonyl (C=O) groups is 4. The minimum atomic E-state index is -0.884. The van der Waals surface area contributed by atoms with Gasteiger partial charge < -0.3 is 34.1 Å². The zero-order valence-corrected chi connectivity index (χ0v) is 29.6. The van der Waals surface area contributed by atoms with E-state index in [1.165, 1.54) is 11.3 Å². The van der Waals surface area contributed by atoms with Gasteiger partial charge in [-0.2, -0.15) is 0 Å². The van der Waals surface area contributed by atoms with Crippen molar-refractivity contribution in [1.29, 1.82) is 0 Å². The lowest BCUT2D eigenvalue weighted by Crippen LogP contribution is -2.65. The first-order chi connectivity index (χ1) is 23.5. The van der Waals surface area contributed by atoms with Crippen LogP contribution in [0.4, 0.5) is 0 Å². The SMILES string of the molecule is C[C@@H](OCC1CCOCC1)[C@H](NC(=O)[C@@H]1CN(C(=O)c2cncs2)CC12CN(C(=O)[C@H]1CC1(C)C)C2)C(=O)N1CCC(n2ccnc2)CC1. The molecule has 13 nitrogen and oxygen atoms in total. The summed E-state index contributed by atoms with van der Waals surface area (Å²) < 4.78 is 14.0. The molecule has 0 unspecified atom stereocenters. The molecule has 1 spiro atoms. The second-order valence-corrected chi connectivity index (χ2v) is 16.4. The van der Waals surface area contributed by atoms with E-state index in [1.807, 2.05) is 29.2 Å². The molecule has 4 saturated heterocycles. The van der Waals surface area contributed by atoms with Gasteiger partial charge in [-0.1, -0.05) is 13.8 Å². The number of amides is 4. The molecule has 5 fully saturated rings. The predicted octanol–water partition coefficient (Wildman–Crippen LogP) is 2.47. The number of ether oxygens (including phenoxy) is 2. The lowest BCUT2D eigenvalue weighted by atomic mass is 9.70. The molecule has 7 rings (SSSR count). The summed E-state index contributed by atoms with van der Waals surface area (Å²) in [5.41, 5.74) is 1.05. The van der Waals surface area contributed by atoms with E-state index in [1.54, 1.807) is 22.8 Å². The summed E-state index contributed by atoms with van der Waals surface area (Å²) in [6, 6.07) is -0.613. The van der Waals surface area contributed by atoms with E-state index in [2.05, 4.69) is 33.7 Å². The first kappa shape index (κ1) is 34.1. The Morgan fingerprint density at radius 2 is 1.73 bits per heavy atom. The third kappa shape index (κ3) is 7.01. The van der Waals surface area contributed by atoms with Crippen LogP contribution in [0.2, 0.25) is 0 Å². The fraction of sp³-hybridized carbons (Fsp3) is 0.714. The van der Waals surface area contributed by atoms with E-state index in [-0.39, 0.29) is 47.5 Å². The van der Waals surface area contributed by atoms with Crippen molar-refractivity contribution in [2.24, 2.45) is 28.6 Å². The number of aromatic nitrogens is 3. The highest BCUT2D eigenvalue weighted by Gasteiger charge is 2.62. The Hall–Kier alpha value is -3.36. The van der Waals surface area contributed by atoms with E-state index in [0.717, 1.165) is 32.1 Å². The lowest BCUT2D eigenvalue weighted by molar-refractivity contribution is -0.153. The van der Waals surface area contributed by atoms with Crippen molar-refractivity contribution in [3.8, 4) is 0 Å². The Bertz CT molecular complexity index is 1500. The van der Waals surface area contributed by atoms with Crippen molar-refractivity contribution in [3.63, 3.8) is 0 Å². The standard InChI is InChI=1S/C35H49N7O6S/c1-23(48-17-24-6-12-47-13-7-24)29(33(46)39-9-4-25(5-10-39)40-11-8-36-21-40)38-30(43)27-16-41(32(45)28-15-37-22-49-28)18-35(27)19-42(20-35)31(44)26-14-34(26,2)3/h8,11,15,21-27,29H,4-7,9-10,12-14,16-20H2,1-3H3,(H,38,43)/t23-,26-,27+,29+/m1/s1. The first-order valence-corrected chi connectivity index (χ1v) is 18.6. The van der Waals surface area contributed by atoms with Gasteiger partial charge in [0.1, 0.15) is 10.9 Å². The molecule has 2 aromatic rings. The fourth-order valence-corrected chi connectivity index (χ4v) is 8.85. The van der Waals surface area contributed by atoms with Crippen molar-refractivity contribution < 1.29 is 28.7 Å². The average Bonchev–Trinajstić information content (AvgIpc) is 3.66. The van der Waals surface area contributed by atoms with Crippen LogP contribution >= 0.6 is 11.3 Å². The predicted molar refractivity (Wildman–Crippen MR) is 180 cm³/mol. The molecule has 1 N–H and O–H groups in total. The van der Waals surface area contributed by atoms with Gasteiger partial charge in [-0.25, -0.2) is 4.98 Å². The maximum Gasteiger partial charge on any atom is 0.265 e. The summed E-state index contributed by atoms with van der Waals surface area (Å²) in [5.74, 6) is -0.689. The number of imidazole rings is 1. The second kappa shape index (κ2) is 13.7. The third-order valence-electron chi connectivity index (χ3n) is 11.7. The number of piperidine rings is 1. The highest BCUT2D eigenvalue weighted by atomic mass is 32.1. The van der Waals surface area contributed by atoms with Gasteiger partial charge in [-0.05, 0) is 50.4 Å². The number of rotatable bonds is 10. The van der Waals surface area contributed by atoms with Crippen LogP contribution in [0.1, 0.15) is 68.6 Å². The van der Waals surface area contributed by atoms with Gasteiger partial charge in [0.15, 0.2) is 0 Å².